The number of halogens is 3. The fourth-order valence-electron chi connectivity index (χ4n) is 3.89. The lowest BCUT2D eigenvalue weighted by atomic mass is 9.90. The Balaban J connectivity index is 1.62. The summed E-state index contributed by atoms with van der Waals surface area (Å²) in [5.74, 6) is -0.558. The van der Waals surface area contributed by atoms with Gasteiger partial charge in [0.25, 0.3) is 11.6 Å². The molecule has 0 saturated carbocycles. The summed E-state index contributed by atoms with van der Waals surface area (Å²) in [5.41, 5.74) is 0.213. The smallest absolute Gasteiger partial charge is 0.337 e. The van der Waals surface area contributed by atoms with Crippen LogP contribution in [0.3, 0.4) is 0 Å². The second-order valence-corrected chi connectivity index (χ2v) is 7.90. The monoisotopic (exact) mass is 421 g/mol. The maximum absolute atomic E-state index is 13.8. The van der Waals surface area contributed by atoms with Crippen LogP contribution in [0.1, 0.15) is 66.0 Å². The third-order valence-electron chi connectivity index (χ3n) is 5.60. The Labute approximate surface area is 170 Å². The molecule has 30 heavy (non-hydrogen) atoms. The molecule has 0 unspecified atom stereocenters. The molecule has 1 saturated heterocycles. The van der Waals surface area contributed by atoms with Crippen molar-refractivity contribution in [2.45, 2.75) is 44.7 Å². The van der Waals surface area contributed by atoms with E-state index in [1.54, 1.807) is 38.1 Å². The first kappa shape index (κ1) is 20.4. The van der Waals surface area contributed by atoms with Crippen molar-refractivity contribution in [3.05, 3.63) is 41.0 Å². The SMILES string of the molecule is CC(C)c1cc(C(F)(F)F)c2c(C3CCN(C(=O)c4ccnn4C)CC3)noc2n1. The fourth-order valence-corrected chi connectivity index (χ4v) is 3.89. The number of hydrogen-bond donors (Lipinski definition) is 0. The molecule has 1 aliphatic rings. The molecule has 4 heterocycles. The van der Waals surface area contributed by atoms with Crippen molar-refractivity contribution < 1.29 is 22.5 Å². The molecule has 0 radical (unpaired) electrons. The number of aryl methyl sites for hydroxylation is 1. The lowest BCUT2D eigenvalue weighted by molar-refractivity contribution is -0.136. The molecule has 0 N–H and O–H groups in total. The molecular formula is C20H22F3N5O2. The number of likely N-dealkylation sites (tertiary alicyclic amines) is 1. The van der Waals surface area contributed by atoms with Gasteiger partial charge in [0.1, 0.15) is 5.69 Å². The van der Waals surface area contributed by atoms with Crippen LogP contribution in [-0.4, -0.2) is 43.8 Å². The van der Waals surface area contributed by atoms with Crippen LogP contribution in [0.2, 0.25) is 0 Å². The Morgan fingerprint density at radius 1 is 1.27 bits per heavy atom. The molecule has 1 aliphatic heterocycles. The van der Waals surface area contributed by atoms with Gasteiger partial charge >= 0.3 is 6.18 Å². The van der Waals surface area contributed by atoms with Crippen molar-refractivity contribution in [2.24, 2.45) is 7.05 Å². The molecule has 7 nitrogen and oxygen atoms in total. The highest BCUT2D eigenvalue weighted by molar-refractivity contribution is 5.92. The van der Waals surface area contributed by atoms with Crippen molar-refractivity contribution in [1.82, 2.24) is 24.8 Å². The number of hydrogen-bond acceptors (Lipinski definition) is 5. The summed E-state index contributed by atoms with van der Waals surface area (Å²) in [4.78, 5) is 18.6. The summed E-state index contributed by atoms with van der Waals surface area (Å²) in [6, 6.07) is 2.74. The van der Waals surface area contributed by atoms with Crippen LogP contribution >= 0.6 is 0 Å². The Kier molecular flexibility index (Phi) is 5.03. The van der Waals surface area contributed by atoms with E-state index < -0.39 is 11.7 Å². The van der Waals surface area contributed by atoms with Gasteiger partial charge in [0.15, 0.2) is 0 Å². The molecule has 160 valence electrons. The van der Waals surface area contributed by atoms with E-state index in [0.717, 1.165) is 6.07 Å². The van der Waals surface area contributed by atoms with E-state index in [1.165, 1.54) is 4.68 Å². The zero-order chi connectivity index (χ0) is 21.6. The highest BCUT2D eigenvalue weighted by atomic mass is 19.4. The summed E-state index contributed by atoms with van der Waals surface area (Å²) < 4.78 is 48.1. The van der Waals surface area contributed by atoms with Gasteiger partial charge in [-0.1, -0.05) is 19.0 Å². The minimum Gasteiger partial charge on any atom is -0.337 e. The maximum atomic E-state index is 13.8. The average Bonchev–Trinajstić information content (AvgIpc) is 3.32. The molecule has 0 bridgehead atoms. The van der Waals surface area contributed by atoms with E-state index in [-0.39, 0.29) is 34.5 Å². The Bertz CT molecular complexity index is 1080. The lowest BCUT2D eigenvalue weighted by Gasteiger charge is -2.31. The number of alkyl halides is 3. The van der Waals surface area contributed by atoms with Crippen LogP contribution < -0.4 is 0 Å². The van der Waals surface area contributed by atoms with Crippen LogP contribution in [-0.2, 0) is 13.2 Å². The highest BCUT2D eigenvalue weighted by Gasteiger charge is 2.38. The fraction of sp³-hybridized carbons (Fsp3) is 0.500. The van der Waals surface area contributed by atoms with Crippen molar-refractivity contribution in [3.63, 3.8) is 0 Å². The van der Waals surface area contributed by atoms with Crippen molar-refractivity contribution >= 4 is 17.0 Å². The summed E-state index contributed by atoms with van der Waals surface area (Å²) in [6.07, 6.45) is -2.00. The molecule has 4 rings (SSSR count). The summed E-state index contributed by atoms with van der Waals surface area (Å²) in [7, 11) is 1.69. The molecule has 0 atom stereocenters. The number of pyridine rings is 1. The first-order valence-corrected chi connectivity index (χ1v) is 9.81. The second kappa shape index (κ2) is 7.41. The zero-order valence-electron chi connectivity index (χ0n) is 16.9. The van der Waals surface area contributed by atoms with Crippen LogP contribution in [0.25, 0.3) is 11.1 Å². The predicted octanol–water partition coefficient (Wildman–Crippen LogP) is 4.12. The number of carbonyl (C=O) groups is 1. The van der Waals surface area contributed by atoms with E-state index in [4.69, 9.17) is 4.52 Å². The zero-order valence-corrected chi connectivity index (χ0v) is 16.9. The number of piperidine rings is 1. The van der Waals surface area contributed by atoms with Gasteiger partial charge in [0.2, 0.25) is 0 Å². The minimum atomic E-state index is -4.54. The Hall–Kier alpha value is -2.91. The van der Waals surface area contributed by atoms with Gasteiger partial charge < -0.3 is 9.42 Å². The standard InChI is InChI=1S/C20H22F3N5O2/c1-11(2)14-10-13(20(21,22)23)16-17(26-30-18(16)25-14)12-5-8-28(9-6-12)19(29)15-4-7-24-27(15)3/h4,7,10-12H,5-6,8-9H2,1-3H3. The second-order valence-electron chi connectivity index (χ2n) is 7.90. The van der Waals surface area contributed by atoms with Gasteiger partial charge in [-0.3, -0.25) is 9.48 Å². The topological polar surface area (TPSA) is 77.0 Å². The molecule has 1 fully saturated rings. The molecule has 0 aromatic carbocycles. The van der Waals surface area contributed by atoms with Gasteiger partial charge in [-0.2, -0.15) is 18.3 Å². The molecule has 0 spiro atoms. The Morgan fingerprint density at radius 3 is 2.53 bits per heavy atom. The molecule has 0 aliphatic carbocycles. The molecule has 1 amide bonds. The van der Waals surface area contributed by atoms with Crippen molar-refractivity contribution in [2.75, 3.05) is 13.1 Å². The van der Waals surface area contributed by atoms with Gasteiger partial charge in [-0.15, -0.1) is 0 Å². The summed E-state index contributed by atoms with van der Waals surface area (Å²) in [5, 5.41) is 7.91. The van der Waals surface area contributed by atoms with Gasteiger partial charge in [0, 0.05) is 37.9 Å². The van der Waals surface area contributed by atoms with Crippen LogP contribution in [0.5, 0.6) is 0 Å². The number of nitrogens with zero attached hydrogens (tertiary/aromatic N) is 5. The predicted molar refractivity (Wildman–Crippen MR) is 102 cm³/mol. The molecule has 3 aromatic heterocycles. The van der Waals surface area contributed by atoms with Crippen LogP contribution in [0, 0.1) is 0 Å². The lowest BCUT2D eigenvalue weighted by Crippen LogP contribution is -2.38. The minimum absolute atomic E-state index is 0.0664. The maximum Gasteiger partial charge on any atom is 0.417 e. The summed E-state index contributed by atoms with van der Waals surface area (Å²) >= 11 is 0. The number of rotatable bonds is 3. The number of amides is 1. The molecule has 3 aromatic rings. The van der Waals surface area contributed by atoms with E-state index in [9.17, 15) is 18.0 Å². The van der Waals surface area contributed by atoms with Crippen molar-refractivity contribution in [3.8, 4) is 0 Å². The van der Waals surface area contributed by atoms with Gasteiger partial charge in [-0.25, -0.2) is 4.98 Å². The van der Waals surface area contributed by atoms with Gasteiger partial charge in [-0.05, 0) is 30.9 Å². The van der Waals surface area contributed by atoms with E-state index in [2.05, 4.69) is 15.2 Å². The average molecular weight is 421 g/mol. The van der Waals surface area contributed by atoms with Crippen molar-refractivity contribution in [1.29, 1.82) is 0 Å². The number of carbonyl (C=O) groups excluding carboxylic acids is 1. The third kappa shape index (κ3) is 3.54. The molecular weight excluding hydrogens is 399 g/mol. The van der Waals surface area contributed by atoms with Crippen LogP contribution in [0.4, 0.5) is 13.2 Å². The normalized spacial score (nSPS) is 16.0. The first-order chi connectivity index (χ1) is 14.2. The third-order valence-corrected chi connectivity index (χ3v) is 5.60. The summed E-state index contributed by atoms with van der Waals surface area (Å²) in [6.45, 7) is 4.39. The van der Waals surface area contributed by atoms with E-state index in [0.29, 0.717) is 37.3 Å². The highest BCUT2D eigenvalue weighted by Crippen LogP contribution is 2.41. The first-order valence-electron chi connectivity index (χ1n) is 9.81. The van der Waals surface area contributed by atoms with E-state index >= 15 is 0 Å². The van der Waals surface area contributed by atoms with E-state index in [1.807, 2.05) is 0 Å². The van der Waals surface area contributed by atoms with Gasteiger partial charge in [0.05, 0.1) is 16.6 Å². The molecule has 10 heteroatoms. The number of fused-ring (bicyclic) bond motifs is 1. The quantitative estimate of drug-likeness (QED) is 0.636. The Morgan fingerprint density at radius 2 is 1.97 bits per heavy atom. The largest absolute Gasteiger partial charge is 0.417 e. The number of aromatic nitrogens is 4. The van der Waals surface area contributed by atoms with Crippen LogP contribution in [0.15, 0.2) is 22.9 Å².